The Morgan fingerprint density at radius 1 is 1.25 bits per heavy atom. The van der Waals surface area contributed by atoms with Crippen LogP contribution >= 0.6 is 22.9 Å². The van der Waals surface area contributed by atoms with Gasteiger partial charge in [-0.2, -0.15) is 0 Å². The third-order valence-corrected chi connectivity index (χ3v) is 3.81. The molecule has 0 spiro atoms. The molecule has 1 unspecified atom stereocenters. The average Bonchev–Trinajstić information content (AvgIpc) is 2.65. The molecule has 0 aliphatic carbocycles. The van der Waals surface area contributed by atoms with Crippen molar-refractivity contribution in [2.24, 2.45) is 0 Å². The Labute approximate surface area is 105 Å². The lowest BCUT2D eigenvalue weighted by atomic mass is 10.2. The van der Waals surface area contributed by atoms with Gasteiger partial charge in [-0.15, -0.1) is 11.3 Å². The van der Waals surface area contributed by atoms with Crippen LogP contribution < -0.4 is 5.32 Å². The molecule has 1 aromatic carbocycles. The van der Waals surface area contributed by atoms with Crippen molar-refractivity contribution in [3.05, 3.63) is 51.2 Å². The van der Waals surface area contributed by atoms with Crippen molar-refractivity contribution in [1.82, 2.24) is 0 Å². The molecule has 1 N–H and O–H groups in total. The molecule has 3 heteroatoms. The molecule has 0 aliphatic rings. The first-order chi connectivity index (χ1) is 7.65. The standard InChI is InChI=1S/C13H14ClNS/c1-9-6-7-13(16-9)10(2)15-12-5-3-4-11(14)8-12/h3-8,10,15H,1-2H3. The summed E-state index contributed by atoms with van der Waals surface area (Å²) in [6, 6.07) is 12.4. The zero-order valence-corrected chi connectivity index (χ0v) is 10.9. The molecule has 0 saturated heterocycles. The Morgan fingerprint density at radius 2 is 2.06 bits per heavy atom. The number of hydrogen-bond donors (Lipinski definition) is 1. The molecule has 16 heavy (non-hydrogen) atoms. The molecule has 84 valence electrons. The Bertz CT molecular complexity index is 478. The molecule has 0 radical (unpaired) electrons. The molecule has 1 atom stereocenters. The fourth-order valence-electron chi connectivity index (χ4n) is 1.59. The Hall–Kier alpha value is -0.990. The highest BCUT2D eigenvalue weighted by Crippen LogP contribution is 2.26. The fourth-order valence-corrected chi connectivity index (χ4v) is 2.66. The van der Waals surface area contributed by atoms with Crippen LogP contribution in [-0.2, 0) is 0 Å². The normalized spacial score (nSPS) is 12.4. The van der Waals surface area contributed by atoms with E-state index in [9.17, 15) is 0 Å². The SMILES string of the molecule is Cc1ccc(C(C)Nc2cccc(Cl)c2)s1. The molecule has 0 saturated carbocycles. The smallest absolute Gasteiger partial charge is 0.0578 e. The second kappa shape index (κ2) is 4.89. The van der Waals surface area contributed by atoms with Crippen LogP contribution in [0.5, 0.6) is 0 Å². The molecular formula is C13H14ClNS. The van der Waals surface area contributed by atoms with Gasteiger partial charge in [0.15, 0.2) is 0 Å². The van der Waals surface area contributed by atoms with Gasteiger partial charge in [-0.1, -0.05) is 17.7 Å². The van der Waals surface area contributed by atoms with Crippen molar-refractivity contribution in [2.75, 3.05) is 5.32 Å². The molecule has 0 amide bonds. The van der Waals surface area contributed by atoms with E-state index in [-0.39, 0.29) is 0 Å². The molecule has 0 bridgehead atoms. The van der Waals surface area contributed by atoms with Gasteiger partial charge >= 0.3 is 0 Å². The van der Waals surface area contributed by atoms with E-state index in [1.807, 2.05) is 35.6 Å². The quantitative estimate of drug-likeness (QED) is 0.820. The first kappa shape index (κ1) is 11.5. The Morgan fingerprint density at radius 3 is 2.69 bits per heavy atom. The van der Waals surface area contributed by atoms with Crippen LogP contribution in [0.15, 0.2) is 36.4 Å². The summed E-state index contributed by atoms with van der Waals surface area (Å²) >= 11 is 7.76. The molecule has 2 rings (SSSR count). The molecule has 1 nitrogen and oxygen atoms in total. The van der Waals surface area contributed by atoms with Crippen LogP contribution in [0.1, 0.15) is 22.7 Å². The van der Waals surface area contributed by atoms with E-state index in [1.54, 1.807) is 0 Å². The Kier molecular flexibility index (Phi) is 3.52. The number of anilines is 1. The van der Waals surface area contributed by atoms with Crippen LogP contribution in [0.2, 0.25) is 5.02 Å². The van der Waals surface area contributed by atoms with Crippen molar-refractivity contribution in [1.29, 1.82) is 0 Å². The lowest BCUT2D eigenvalue weighted by Gasteiger charge is -2.13. The maximum Gasteiger partial charge on any atom is 0.0578 e. The molecule has 1 aromatic heterocycles. The largest absolute Gasteiger partial charge is 0.378 e. The van der Waals surface area contributed by atoms with Crippen LogP contribution in [0.3, 0.4) is 0 Å². The highest BCUT2D eigenvalue weighted by Gasteiger charge is 2.07. The third-order valence-electron chi connectivity index (χ3n) is 2.40. The number of halogens is 1. The maximum absolute atomic E-state index is 5.94. The van der Waals surface area contributed by atoms with E-state index in [0.29, 0.717) is 6.04 Å². The maximum atomic E-state index is 5.94. The van der Waals surface area contributed by atoms with E-state index in [2.05, 4.69) is 31.3 Å². The highest BCUT2D eigenvalue weighted by molar-refractivity contribution is 7.12. The monoisotopic (exact) mass is 251 g/mol. The summed E-state index contributed by atoms with van der Waals surface area (Å²) in [5.74, 6) is 0. The summed E-state index contributed by atoms with van der Waals surface area (Å²) in [5, 5.41) is 4.20. The molecule has 0 fully saturated rings. The fraction of sp³-hybridized carbons (Fsp3) is 0.231. The van der Waals surface area contributed by atoms with E-state index in [4.69, 9.17) is 11.6 Å². The number of thiophene rings is 1. The number of aryl methyl sites for hydroxylation is 1. The number of nitrogens with one attached hydrogen (secondary N) is 1. The van der Waals surface area contributed by atoms with Crippen molar-refractivity contribution in [2.45, 2.75) is 19.9 Å². The first-order valence-electron chi connectivity index (χ1n) is 5.23. The zero-order valence-electron chi connectivity index (χ0n) is 9.33. The van der Waals surface area contributed by atoms with Gasteiger partial charge < -0.3 is 5.32 Å². The van der Waals surface area contributed by atoms with E-state index >= 15 is 0 Å². The summed E-state index contributed by atoms with van der Waals surface area (Å²) < 4.78 is 0. The van der Waals surface area contributed by atoms with Crippen molar-refractivity contribution < 1.29 is 0 Å². The minimum Gasteiger partial charge on any atom is -0.378 e. The van der Waals surface area contributed by atoms with E-state index in [1.165, 1.54) is 9.75 Å². The van der Waals surface area contributed by atoms with Gasteiger partial charge in [0.2, 0.25) is 0 Å². The van der Waals surface area contributed by atoms with Gasteiger partial charge in [0, 0.05) is 20.5 Å². The van der Waals surface area contributed by atoms with Crippen LogP contribution in [0.25, 0.3) is 0 Å². The molecular weight excluding hydrogens is 238 g/mol. The van der Waals surface area contributed by atoms with Crippen molar-refractivity contribution in [3.8, 4) is 0 Å². The second-order valence-electron chi connectivity index (χ2n) is 3.82. The van der Waals surface area contributed by atoms with Gasteiger partial charge in [0.25, 0.3) is 0 Å². The summed E-state index contributed by atoms with van der Waals surface area (Å²) in [6.45, 7) is 4.28. The minimum atomic E-state index is 0.317. The summed E-state index contributed by atoms with van der Waals surface area (Å²) in [5.41, 5.74) is 1.06. The predicted molar refractivity (Wildman–Crippen MR) is 72.5 cm³/mol. The number of benzene rings is 1. The lowest BCUT2D eigenvalue weighted by Crippen LogP contribution is -2.04. The van der Waals surface area contributed by atoms with Gasteiger partial charge in [-0.3, -0.25) is 0 Å². The molecule has 0 aliphatic heterocycles. The second-order valence-corrected chi connectivity index (χ2v) is 5.58. The average molecular weight is 252 g/mol. The predicted octanol–water partition coefficient (Wildman–Crippen LogP) is 4.88. The zero-order chi connectivity index (χ0) is 11.5. The van der Waals surface area contributed by atoms with Gasteiger partial charge in [0.1, 0.15) is 0 Å². The number of hydrogen-bond acceptors (Lipinski definition) is 2. The van der Waals surface area contributed by atoms with E-state index in [0.717, 1.165) is 10.7 Å². The minimum absolute atomic E-state index is 0.317. The topological polar surface area (TPSA) is 12.0 Å². The third kappa shape index (κ3) is 2.77. The van der Waals surface area contributed by atoms with Gasteiger partial charge in [-0.25, -0.2) is 0 Å². The van der Waals surface area contributed by atoms with Crippen LogP contribution in [0, 0.1) is 6.92 Å². The summed E-state index contributed by atoms with van der Waals surface area (Å²) in [4.78, 5) is 2.69. The molecule has 1 heterocycles. The number of rotatable bonds is 3. The van der Waals surface area contributed by atoms with E-state index < -0.39 is 0 Å². The van der Waals surface area contributed by atoms with Crippen LogP contribution in [0.4, 0.5) is 5.69 Å². The Balaban J connectivity index is 2.10. The van der Waals surface area contributed by atoms with Crippen molar-refractivity contribution >= 4 is 28.6 Å². The highest BCUT2D eigenvalue weighted by atomic mass is 35.5. The molecule has 2 aromatic rings. The summed E-state index contributed by atoms with van der Waals surface area (Å²) in [6.07, 6.45) is 0. The van der Waals surface area contributed by atoms with Gasteiger partial charge in [0.05, 0.1) is 6.04 Å². The van der Waals surface area contributed by atoms with Crippen LogP contribution in [-0.4, -0.2) is 0 Å². The summed E-state index contributed by atoms with van der Waals surface area (Å²) in [7, 11) is 0. The van der Waals surface area contributed by atoms with Crippen molar-refractivity contribution in [3.63, 3.8) is 0 Å². The lowest BCUT2D eigenvalue weighted by molar-refractivity contribution is 0.908. The first-order valence-corrected chi connectivity index (χ1v) is 6.43. The van der Waals surface area contributed by atoms with Gasteiger partial charge in [-0.05, 0) is 44.2 Å².